The van der Waals surface area contributed by atoms with Crippen molar-refractivity contribution in [3.63, 3.8) is 0 Å². The molecule has 1 aliphatic carbocycles. The van der Waals surface area contributed by atoms with E-state index in [9.17, 15) is 4.39 Å². The molecule has 1 aliphatic heterocycles. The summed E-state index contributed by atoms with van der Waals surface area (Å²) >= 11 is 0. The van der Waals surface area contributed by atoms with E-state index < -0.39 is 0 Å². The van der Waals surface area contributed by atoms with Crippen molar-refractivity contribution in [2.24, 2.45) is 11.3 Å². The van der Waals surface area contributed by atoms with Crippen molar-refractivity contribution in [2.45, 2.75) is 39.2 Å². The van der Waals surface area contributed by atoms with Crippen molar-refractivity contribution < 1.29 is 4.39 Å². The van der Waals surface area contributed by atoms with Gasteiger partial charge in [-0.05, 0) is 24.2 Å². The second-order valence-electron chi connectivity index (χ2n) is 5.25. The van der Waals surface area contributed by atoms with Crippen LogP contribution in [0.5, 0.6) is 0 Å². The van der Waals surface area contributed by atoms with Crippen molar-refractivity contribution in [3.8, 4) is 0 Å². The van der Waals surface area contributed by atoms with E-state index >= 15 is 0 Å². The van der Waals surface area contributed by atoms with Gasteiger partial charge in [0.1, 0.15) is 6.67 Å². The van der Waals surface area contributed by atoms with Crippen LogP contribution >= 0.6 is 0 Å². The Labute approximate surface area is 80.3 Å². The molecule has 76 valence electrons. The van der Waals surface area contributed by atoms with Gasteiger partial charge in [-0.3, -0.25) is 4.90 Å². The summed E-state index contributed by atoms with van der Waals surface area (Å²) in [6.07, 6.45) is 4.01. The van der Waals surface area contributed by atoms with Gasteiger partial charge in [0.25, 0.3) is 0 Å². The summed E-state index contributed by atoms with van der Waals surface area (Å²) in [6.45, 7) is 6.26. The van der Waals surface area contributed by atoms with Gasteiger partial charge in [-0.1, -0.05) is 20.3 Å². The molecule has 0 aromatic heterocycles. The first-order valence-corrected chi connectivity index (χ1v) is 5.45. The van der Waals surface area contributed by atoms with E-state index in [0.29, 0.717) is 18.0 Å². The molecule has 1 saturated heterocycles. The number of halogens is 1. The molecular weight excluding hydrogens is 165 g/mol. The molecule has 2 aliphatic rings. The first-order chi connectivity index (χ1) is 6.15. The van der Waals surface area contributed by atoms with Gasteiger partial charge in [0.05, 0.1) is 0 Å². The summed E-state index contributed by atoms with van der Waals surface area (Å²) in [5, 5.41) is 0. The largest absolute Gasteiger partial charge is 0.297 e. The Balaban J connectivity index is 2.09. The molecule has 13 heavy (non-hydrogen) atoms. The fraction of sp³-hybridized carbons (Fsp3) is 1.00. The van der Waals surface area contributed by atoms with Crippen molar-refractivity contribution in [2.75, 3.05) is 19.8 Å². The Morgan fingerprint density at radius 3 is 2.85 bits per heavy atom. The Bertz CT molecular complexity index is 191. The second kappa shape index (κ2) is 3.23. The van der Waals surface area contributed by atoms with E-state index in [0.717, 1.165) is 12.5 Å². The molecular formula is C11H20FN. The standard InChI is InChI=1S/C11H20FN/c1-11(2)8-13(7-6-12)10-5-3-4-9(10)11/h9-10H,3-8H2,1-2H3. The fourth-order valence-electron chi connectivity index (χ4n) is 3.40. The molecule has 0 radical (unpaired) electrons. The van der Waals surface area contributed by atoms with Gasteiger partial charge in [-0.25, -0.2) is 4.39 Å². The highest BCUT2D eigenvalue weighted by Crippen LogP contribution is 2.48. The Morgan fingerprint density at radius 1 is 1.38 bits per heavy atom. The topological polar surface area (TPSA) is 3.24 Å². The van der Waals surface area contributed by atoms with Gasteiger partial charge < -0.3 is 0 Å². The Morgan fingerprint density at radius 2 is 2.15 bits per heavy atom. The molecule has 0 amide bonds. The SMILES string of the molecule is CC1(C)CN(CCF)C2CCCC21. The number of hydrogen-bond donors (Lipinski definition) is 0. The number of nitrogens with zero attached hydrogens (tertiary/aromatic N) is 1. The van der Waals surface area contributed by atoms with Gasteiger partial charge in [-0.2, -0.15) is 0 Å². The van der Waals surface area contributed by atoms with Gasteiger partial charge in [-0.15, -0.1) is 0 Å². The highest BCUT2D eigenvalue weighted by Gasteiger charge is 2.48. The lowest BCUT2D eigenvalue weighted by Gasteiger charge is -2.24. The number of likely N-dealkylation sites (tertiary alicyclic amines) is 1. The molecule has 0 N–H and O–H groups in total. The van der Waals surface area contributed by atoms with Crippen LogP contribution in [-0.4, -0.2) is 30.7 Å². The van der Waals surface area contributed by atoms with Gasteiger partial charge in [0, 0.05) is 19.1 Å². The number of rotatable bonds is 2. The lowest BCUT2D eigenvalue weighted by Crippen LogP contribution is -2.31. The van der Waals surface area contributed by atoms with Crippen LogP contribution in [0.2, 0.25) is 0 Å². The number of hydrogen-bond acceptors (Lipinski definition) is 1. The molecule has 2 fully saturated rings. The molecule has 0 aromatic carbocycles. The molecule has 1 nitrogen and oxygen atoms in total. The van der Waals surface area contributed by atoms with Crippen molar-refractivity contribution in [3.05, 3.63) is 0 Å². The fourth-order valence-corrected chi connectivity index (χ4v) is 3.40. The molecule has 0 bridgehead atoms. The summed E-state index contributed by atoms with van der Waals surface area (Å²) in [5.41, 5.74) is 0.427. The van der Waals surface area contributed by atoms with Gasteiger partial charge in [0.2, 0.25) is 0 Å². The monoisotopic (exact) mass is 185 g/mol. The summed E-state index contributed by atoms with van der Waals surface area (Å²) in [6, 6.07) is 0.700. The maximum Gasteiger partial charge on any atom is 0.102 e. The van der Waals surface area contributed by atoms with E-state index in [2.05, 4.69) is 18.7 Å². The van der Waals surface area contributed by atoms with Crippen LogP contribution in [0.1, 0.15) is 33.1 Å². The highest BCUT2D eigenvalue weighted by molar-refractivity contribution is 5.01. The first-order valence-electron chi connectivity index (χ1n) is 5.45. The predicted molar refractivity (Wildman–Crippen MR) is 52.5 cm³/mol. The molecule has 2 rings (SSSR count). The number of fused-ring (bicyclic) bond motifs is 1. The third-order valence-corrected chi connectivity index (χ3v) is 3.93. The van der Waals surface area contributed by atoms with Crippen molar-refractivity contribution in [1.29, 1.82) is 0 Å². The van der Waals surface area contributed by atoms with Crippen LogP contribution in [0, 0.1) is 11.3 Å². The predicted octanol–water partition coefficient (Wildman–Crippen LogP) is 2.47. The minimum absolute atomic E-state index is 0.181. The molecule has 1 saturated carbocycles. The van der Waals surface area contributed by atoms with Gasteiger partial charge in [0.15, 0.2) is 0 Å². The molecule has 0 aromatic rings. The zero-order valence-electron chi connectivity index (χ0n) is 8.72. The lowest BCUT2D eigenvalue weighted by molar-refractivity contribution is 0.217. The third kappa shape index (κ3) is 1.50. The van der Waals surface area contributed by atoms with E-state index in [1.807, 2.05) is 0 Å². The highest BCUT2D eigenvalue weighted by atomic mass is 19.1. The molecule has 1 heterocycles. The Hall–Kier alpha value is -0.110. The normalized spacial score (nSPS) is 38.1. The van der Waals surface area contributed by atoms with Crippen LogP contribution in [0.15, 0.2) is 0 Å². The van der Waals surface area contributed by atoms with Crippen LogP contribution in [0.25, 0.3) is 0 Å². The summed E-state index contributed by atoms with van der Waals surface area (Å²) in [4.78, 5) is 2.37. The lowest BCUT2D eigenvalue weighted by atomic mass is 9.80. The summed E-state index contributed by atoms with van der Waals surface area (Å²) < 4.78 is 12.3. The zero-order valence-corrected chi connectivity index (χ0v) is 8.72. The van der Waals surface area contributed by atoms with Crippen LogP contribution in [0.3, 0.4) is 0 Å². The van der Waals surface area contributed by atoms with E-state index in [-0.39, 0.29) is 6.67 Å². The average Bonchev–Trinajstić information content (AvgIpc) is 2.57. The maximum absolute atomic E-state index is 12.3. The van der Waals surface area contributed by atoms with Gasteiger partial charge >= 0.3 is 0 Å². The van der Waals surface area contributed by atoms with Crippen LogP contribution < -0.4 is 0 Å². The summed E-state index contributed by atoms with van der Waals surface area (Å²) in [7, 11) is 0. The molecule has 2 atom stereocenters. The van der Waals surface area contributed by atoms with Crippen molar-refractivity contribution >= 4 is 0 Å². The van der Waals surface area contributed by atoms with Crippen molar-refractivity contribution in [1.82, 2.24) is 4.90 Å². The van der Waals surface area contributed by atoms with Crippen LogP contribution in [0.4, 0.5) is 4.39 Å². The van der Waals surface area contributed by atoms with E-state index in [4.69, 9.17) is 0 Å². The smallest absolute Gasteiger partial charge is 0.102 e. The quantitative estimate of drug-likeness (QED) is 0.639. The minimum atomic E-state index is -0.181. The summed E-state index contributed by atoms with van der Waals surface area (Å²) in [5.74, 6) is 0.832. The Kier molecular flexibility index (Phi) is 2.35. The zero-order chi connectivity index (χ0) is 9.47. The maximum atomic E-state index is 12.3. The average molecular weight is 185 g/mol. The van der Waals surface area contributed by atoms with E-state index in [1.165, 1.54) is 19.3 Å². The second-order valence-corrected chi connectivity index (χ2v) is 5.25. The molecule has 0 spiro atoms. The van der Waals surface area contributed by atoms with E-state index in [1.54, 1.807) is 0 Å². The molecule has 2 unspecified atom stereocenters. The molecule has 2 heteroatoms. The van der Waals surface area contributed by atoms with Crippen LogP contribution in [-0.2, 0) is 0 Å². The minimum Gasteiger partial charge on any atom is -0.297 e. The first kappa shape index (κ1) is 9.45. The third-order valence-electron chi connectivity index (χ3n) is 3.93. The number of alkyl halides is 1.